The Morgan fingerprint density at radius 1 is 1.44 bits per heavy atom. The smallest absolute Gasteiger partial charge is 0.220 e. The lowest BCUT2D eigenvalue weighted by Crippen LogP contribution is -2.54. The maximum absolute atomic E-state index is 11.4. The van der Waals surface area contributed by atoms with E-state index in [-0.39, 0.29) is 5.91 Å². The number of aryl methyl sites for hydroxylation is 1. The second-order valence-corrected chi connectivity index (χ2v) is 5.36. The average Bonchev–Trinajstić information content (AvgIpc) is 2.38. The molecule has 0 bridgehead atoms. The van der Waals surface area contributed by atoms with Crippen LogP contribution in [0.5, 0.6) is 0 Å². The van der Waals surface area contributed by atoms with Crippen molar-refractivity contribution in [3.63, 3.8) is 0 Å². The van der Waals surface area contributed by atoms with Crippen LogP contribution in [0.2, 0.25) is 0 Å². The summed E-state index contributed by atoms with van der Waals surface area (Å²) in [6.45, 7) is 4.09. The van der Waals surface area contributed by atoms with E-state index in [2.05, 4.69) is 27.3 Å². The fourth-order valence-corrected chi connectivity index (χ4v) is 3.07. The molecule has 4 heteroatoms. The minimum absolute atomic E-state index is 0.226. The van der Waals surface area contributed by atoms with Gasteiger partial charge in [0, 0.05) is 43.1 Å². The van der Waals surface area contributed by atoms with Crippen LogP contribution in [0, 0.1) is 12.8 Å². The zero-order chi connectivity index (χ0) is 12.5. The maximum atomic E-state index is 11.4. The standard InChI is InChI=1S/C14H19N3O/c1-10-8-12(4-6-15-10)17-7-5-13-11(9-17)2-3-14(18)16-13/h4,6,8,11,13H,2-3,5,7,9H2,1H3,(H,16,18). The van der Waals surface area contributed by atoms with Crippen molar-refractivity contribution >= 4 is 11.6 Å². The Morgan fingerprint density at radius 2 is 2.33 bits per heavy atom. The largest absolute Gasteiger partial charge is 0.371 e. The van der Waals surface area contributed by atoms with Gasteiger partial charge in [-0.05, 0) is 37.8 Å². The zero-order valence-electron chi connectivity index (χ0n) is 10.7. The van der Waals surface area contributed by atoms with Crippen LogP contribution < -0.4 is 10.2 Å². The van der Waals surface area contributed by atoms with Gasteiger partial charge in [0.2, 0.25) is 5.91 Å². The summed E-state index contributed by atoms with van der Waals surface area (Å²) in [7, 11) is 0. The summed E-state index contributed by atoms with van der Waals surface area (Å²) in [5.41, 5.74) is 2.32. The fraction of sp³-hybridized carbons (Fsp3) is 0.571. The summed E-state index contributed by atoms with van der Waals surface area (Å²) >= 11 is 0. The number of piperidine rings is 2. The van der Waals surface area contributed by atoms with E-state index in [1.165, 1.54) is 5.69 Å². The Hall–Kier alpha value is -1.58. The van der Waals surface area contributed by atoms with Crippen LogP contribution in [0.4, 0.5) is 5.69 Å². The van der Waals surface area contributed by atoms with Crippen LogP contribution >= 0.6 is 0 Å². The number of nitrogens with one attached hydrogen (secondary N) is 1. The minimum atomic E-state index is 0.226. The summed E-state index contributed by atoms with van der Waals surface area (Å²) in [6.07, 6.45) is 4.64. The summed E-state index contributed by atoms with van der Waals surface area (Å²) < 4.78 is 0. The van der Waals surface area contributed by atoms with Gasteiger partial charge in [0.05, 0.1) is 0 Å². The molecule has 2 unspecified atom stereocenters. The third kappa shape index (κ3) is 2.19. The van der Waals surface area contributed by atoms with Crippen molar-refractivity contribution in [2.45, 2.75) is 32.2 Å². The van der Waals surface area contributed by atoms with Gasteiger partial charge in [-0.1, -0.05) is 0 Å². The van der Waals surface area contributed by atoms with Crippen LogP contribution in [-0.2, 0) is 4.79 Å². The average molecular weight is 245 g/mol. The first-order valence-corrected chi connectivity index (χ1v) is 6.69. The molecule has 0 saturated carbocycles. The molecule has 1 aromatic heterocycles. The number of aromatic nitrogens is 1. The third-order valence-corrected chi connectivity index (χ3v) is 4.07. The van der Waals surface area contributed by atoms with Gasteiger partial charge in [-0.25, -0.2) is 0 Å². The van der Waals surface area contributed by atoms with Crippen LogP contribution in [0.3, 0.4) is 0 Å². The van der Waals surface area contributed by atoms with Crippen LogP contribution in [0.25, 0.3) is 0 Å². The van der Waals surface area contributed by atoms with Gasteiger partial charge >= 0.3 is 0 Å². The highest BCUT2D eigenvalue weighted by Crippen LogP contribution is 2.28. The second-order valence-electron chi connectivity index (χ2n) is 5.36. The molecular weight excluding hydrogens is 226 g/mol. The first-order chi connectivity index (χ1) is 8.72. The van der Waals surface area contributed by atoms with E-state index in [0.29, 0.717) is 18.4 Å². The number of anilines is 1. The molecule has 4 nitrogen and oxygen atoms in total. The van der Waals surface area contributed by atoms with Crippen molar-refractivity contribution in [2.24, 2.45) is 5.92 Å². The molecule has 1 aromatic rings. The first kappa shape index (κ1) is 11.5. The first-order valence-electron chi connectivity index (χ1n) is 6.69. The summed E-state index contributed by atoms with van der Waals surface area (Å²) in [4.78, 5) is 18.0. The number of rotatable bonds is 1. The molecule has 2 atom stereocenters. The molecule has 1 N–H and O–H groups in total. The highest BCUT2D eigenvalue weighted by molar-refractivity contribution is 5.77. The number of fused-ring (bicyclic) bond motifs is 1. The Balaban J connectivity index is 1.72. The van der Waals surface area contributed by atoms with Crippen molar-refractivity contribution < 1.29 is 4.79 Å². The molecule has 2 aliphatic rings. The predicted octanol–water partition coefficient (Wildman–Crippen LogP) is 1.49. The van der Waals surface area contributed by atoms with Gasteiger partial charge < -0.3 is 10.2 Å². The highest BCUT2D eigenvalue weighted by Gasteiger charge is 2.33. The van der Waals surface area contributed by atoms with Gasteiger partial charge in [-0.2, -0.15) is 0 Å². The van der Waals surface area contributed by atoms with Gasteiger partial charge in [0.1, 0.15) is 0 Å². The quantitative estimate of drug-likeness (QED) is 0.815. The maximum Gasteiger partial charge on any atom is 0.220 e. The highest BCUT2D eigenvalue weighted by atomic mass is 16.1. The number of pyridine rings is 1. The van der Waals surface area contributed by atoms with Crippen molar-refractivity contribution in [3.05, 3.63) is 24.0 Å². The SMILES string of the molecule is Cc1cc(N2CCC3NC(=O)CCC3C2)ccn1. The lowest BCUT2D eigenvalue weighted by Gasteiger charge is -2.42. The fourth-order valence-electron chi connectivity index (χ4n) is 3.07. The lowest BCUT2D eigenvalue weighted by molar-refractivity contribution is -0.124. The number of hydrogen-bond acceptors (Lipinski definition) is 3. The summed E-state index contributed by atoms with van der Waals surface area (Å²) in [6, 6.07) is 4.61. The van der Waals surface area contributed by atoms with Gasteiger partial charge in [-0.15, -0.1) is 0 Å². The van der Waals surface area contributed by atoms with Crippen molar-refractivity contribution in [1.29, 1.82) is 0 Å². The van der Waals surface area contributed by atoms with E-state index in [9.17, 15) is 4.79 Å². The van der Waals surface area contributed by atoms with Gasteiger partial charge in [-0.3, -0.25) is 9.78 Å². The van der Waals surface area contributed by atoms with Crippen LogP contribution in [0.1, 0.15) is 25.0 Å². The van der Waals surface area contributed by atoms with E-state index in [4.69, 9.17) is 0 Å². The minimum Gasteiger partial charge on any atom is -0.371 e. The molecule has 3 rings (SSSR count). The van der Waals surface area contributed by atoms with E-state index in [1.807, 2.05) is 13.1 Å². The normalized spacial score (nSPS) is 27.6. The Kier molecular flexibility index (Phi) is 2.94. The molecule has 0 aliphatic carbocycles. The van der Waals surface area contributed by atoms with Crippen molar-refractivity contribution in [3.8, 4) is 0 Å². The monoisotopic (exact) mass is 245 g/mol. The molecule has 18 heavy (non-hydrogen) atoms. The molecule has 2 saturated heterocycles. The number of amides is 1. The molecule has 3 heterocycles. The van der Waals surface area contributed by atoms with E-state index < -0.39 is 0 Å². The molecule has 0 radical (unpaired) electrons. The predicted molar refractivity (Wildman–Crippen MR) is 70.5 cm³/mol. The molecule has 0 spiro atoms. The van der Waals surface area contributed by atoms with Crippen molar-refractivity contribution in [2.75, 3.05) is 18.0 Å². The Labute approximate surface area is 107 Å². The molecule has 1 amide bonds. The third-order valence-electron chi connectivity index (χ3n) is 4.07. The molecule has 2 fully saturated rings. The number of carbonyl (C=O) groups is 1. The molecule has 96 valence electrons. The number of nitrogens with zero attached hydrogens (tertiary/aromatic N) is 2. The second kappa shape index (κ2) is 4.59. The lowest BCUT2D eigenvalue weighted by atomic mass is 9.85. The van der Waals surface area contributed by atoms with Gasteiger partial charge in [0.15, 0.2) is 0 Å². The Morgan fingerprint density at radius 3 is 3.17 bits per heavy atom. The van der Waals surface area contributed by atoms with Gasteiger partial charge in [0.25, 0.3) is 0 Å². The molecule has 2 aliphatic heterocycles. The van der Waals surface area contributed by atoms with E-state index in [0.717, 1.165) is 31.6 Å². The number of hydrogen-bond donors (Lipinski definition) is 1. The topological polar surface area (TPSA) is 45.2 Å². The molecular formula is C14H19N3O. The summed E-state index contributed by atoms with van der Waals surface area (Å²) in [5.74, 6) is 0.828. The van der Waals surface area contributed by atoms with Crippen molar-refractivity contribution in [1.82, 2.24) is 10.3 Å². The summed E-state index contributed by atoms with van der Waals surface area (Å²) in [5, 5.41) is 3.12. The molecule has 0 aromatic carbocycles. The Bertz CT molecular complexity index is 460. The van der Waals surface area contributed by atoms with E-state index in [1.54, 1.807) is 0 Å². The zero-order valence-corrected chi connectivity index (χ0v) is 10.7. The van der Waals surface area contributed by atoms with Crippen LogP contribution in [0.15, 0.2) is 18.3 Å². The van der Waals surface area contributed by atoms with Crippen LogP contribution in [-0.4, -0.2) is 30.0 Å². The number of carbonyl (C=O) groups excluding carboxylic acids is 1. The van der Waals surface area contributed by atoms with E-state index >= 15 is 0 Å².